The van der Waals surface area contributed by atoms with Gasteiger partial charge < -0.3 is 14.6 Å². The Labute approximate surface area is 171 Å². The first-order valence-electron chi connectivity index (χ1n) is 8.28. The minimum atomic E-state index is -0.887. The standard InChI is InChI=1S/C21H23NO4.Li/c1-13(19(23)18(12-22)20(24)26-21(2,3)4)14-6-7-16-11-17(25-5)9-8-15(16)10-14;/h6-11,13,23H,1-5H3;/q;+1/p-1/t13-;/m0./s1. The SMILES string of the molecule is COc1ccc2cc([C@H](C)C([O-])=C(C#N)C(=O)OC(C)(C)C)ccc2c1.[Li+]. The van der Waals surface area contributed by atoms with Gasteiger partial charge in [0.2, 0.25) is 0 Å². The van der Waals surface area contributed by atoms with Gasteiger partial charge in [-0.05, 0) is 55.2 Å². The molecule has 0 spiro atoms. The van der Waals surface area contributed by atoms with Crippen LogP contribution < -0.4 is 28.7 Å². The third-order valence-corrected chi connectivity index (χ3v) is 3.93. The van der Waals surface area contributed by atoms with E-state index in [1.54, 1.807) is 40.9 Å². The van der Waals surface area contributed by atoms with Crippen molar-refractivity contribution in [2.45, 2.75) is 39.2 Å². The van der Waals surface area contributed by atoms with Gasteiger partial charge in [0, 0.05) is 0 Å². The van der Waals surface area contributed by atoms with Crippen LogP contribution in [0.3, 0.4) is 0 Å². The van der Waals surface area contributed by atoms with E-state index in [1.807, 2.05) is 36.4 Å². The molecule has 0 bridgehead atoms. The van der Waals surface area contributed by atoms with E-state index in [0.29, 0.717) is 0 Å². The van der Waals surface area contributed by atoms with Crippen LogP contribution in [-0.4, -0.2) is 18.7 Å². The van der Waals surface area contributed by atoms with Crippen molar-refractivity contribution < 1.29 is 38.2 Å². The van der Waals surface area contributed by atoms with E-state index >= 15 is 0 Å². The van der Waals surface area contributed by atoms with Crippen LogP contribution in [0.15, 0.2) is 47.7 Å². The number of ether oxygens (including phenoxy) is 2. The number of methoxy groups -OCH3 is 1. The van der Waals surface area contributed by atoms with E-state index in [0.717, 1.165) is 22.1 Å². The molecule has 2 aromatic carbocycles. The summed E-state index contributed by atoms with van der Waals surface area (Å²) in [7, 11) is 1.60. The van der Waals surface area contributed by atoms with Gasteiger partial charge in [0.05, 0.1) is 7.11 Å². The summed E-state index contributed by atoms with van der Waals surface area (Å²) in [6, 6.07) is 12.9. The molecule has 0 aromatic heterocycles. The Kier molecular flexibility index (Phi) is 7.54. The molecule has 1 atom stereocenters. The van der Waals surface area contributed by atoms with Crippen molar-refractivity contribution in [3.63, 3.8) is 0 Å². The zero-order valence-electron chi connectivity index (χ0n) is 16.6. The van der Waals surface area contributed by atoms with E-state index < -0.39 is 28.8 Å². The van der Waals surface area contributed by atoms with Crippen LogP contribution in [0.1, 0.15) is 39.2 Å². The summed E-state index contributed by atoms with van der Waals surface area (Å²) in [5, 5.41) is 23.8. The summed E-state index contributed by atoms with van der Waals surface area (Å²) in [6.07, 6.45) is 0. The molecule has 0 aliphatic heterocycles. The second kappa shape index (κ2) is 9.00. The number of nitriles is 1. The molecule has 0 unspecified atom stereocenters. The molecule has 0 saturated carbocycles. The number of carbonyl (C=O) groups is 1. The molecule has 27 heavy (non-hydrogen) atoms. The molecule has 0 fully saturated rings. The van der Waals surface area contributed by atoms with E-state index in [1.165, 1.54) is 0 Å². The molecule has 5 nitrogen and oxygen atoms in total. The van der Waals surface area contributed by atoms with Crippen LogP contribution in [-0.2, 0) is 9.53 Å². The fourth-order valence-electron chi connectivity index (χ4n) is 2.54. The zero-order chi connectivity index (χ0) is 19.5. The van der Waals surface area contributed by atoms with E-state index in [9.17, 15) is 15.2 Å². The Bertz CT molecular complexity index is 907. The van der Waals surface area contributed by atoms with E-state index in [-0.39, 0.29) is 18.9 Å². The maximum absolute atomic E-state index is 12.7. The first-order valence-corrected chi connectivity index (χ1v) is 8.28. The van der Waals surface area contributed by atoms with Crippen molar-refractivity contribution in [2.75, 3.05) is 7.11 Å². The van der Waals surface area contributed by atoms with Crippen LogP contribution >= 0.6 is 0 Å². The van der Waals surface area contributed by atoms with Gasteiger partial charge in [-0.1, -0.05) is 36.9 Å². The van der Waals surface area contributed by atoms with Crippen LogP contribution in [0.2, 0.25) is 0 Å². The van der Waals surface area contributed by atoms with Crippen molar-refractivity contribution >= 4 is 16.7 Å². The minimum Gasteiger partial charge on any atom is -0.874 e. The number of hydrogen-bond acceptors (Lipinski definition) is 5. The molecule has 0 aliphatic carbocycles. The summed E-state index contributed by atoms with van der Waals surface area (Å²) in [4.78, 5) is 12.1. The molecule has 0 heterocycles. The van der Waals surface area contributed by atoms with Gasteiger partial charge >= 0.3 is 24.8 Å². The Morgan fingerprint density at radius 2 is 1.74 bits per heavy atom. The van der Waals surface area contributed by atoms with Gasteiger partial charge in [0.25, 0.3) is 0 Å². The fraction of sp³-hybridized carbons (Fsp3) is 0.333. The number of fused-ring (bicyclic) bond motifs is 1. The molecule has 0 radical (unpaired) electrons. The Morgan fingerprint density at radius 3 is 2.30 bits per heavy atom. The van der Waals surface area contributed by atoms with Crippen LogP contribution in [0.25, 0.3) is 10.8 Å². The van der Waals surface area contributed by atoms with Crippen LogP contribution in [0.4, 0.5) is 0 Å². The first-order chi connectivity index (χ1) is 12.2. The molecule has 0 amide bonds. The smallest absolute Gasteiger partial charge is 0.874 e. The second-order valence-corrected chi connectivity index (χ2v) is 7.05. The van der Waals surface area contributed by atoms with Gasteiger partial charge in [-0.3, -0.25) is 0 Å². The predicted octanol–water partition coefficient (Wildman–Crippen LogP) is 0.436. The summed E-state index contributed by atoms with van der Waals surface area (Å²) in [6.45, 7) is 6.73. The molecular weight excluding hydrogens is 337 g/mol. The minimum absolute atomic E-state index is 0. The monoisotopic (exact) mass is 359 g/mol. The maximum atomic E-state index is 12.7. The fourth-order valence-corrected chi connectivity index (χ4v) is 2.54. The predicted molar refractivity (Wildman–Crippen MR) is 97.4 cm³/mol. The number of esters is 1. The van der Waals surface area contributed by atoms with Gasteiger partial charge in [-0.2, -0.15) is 5.26 Å². The van der Waals surface area contributed by atoms with Crippen LogP contribution in [0, 0.1) is 11.3 Å². The summed E-state index contributed by atoms with van der Waals surface area (Å²) in [5.41, 5.74) is -0.531. The molecule has 0 saturated heterocycles. The molecule has 6 heteroatoms. The Balaban J connectivity index is 0.00000364. The average molecular weight is 359 g/mol. The van der Waals surface area contributed by atoms with Crippen molar-refractivity contribution in [1.82, 2.24) is 0 Å². The largest absolute Gasteiger partial charge is 1.00 e. The van der Waals surface area contributed by atoms with Crippen molar-refractivity contribution in [1.29, 1.82) is 5.26 Å². The van der Waals surface area contributed by atoms with Gasteiger partial charge in [0.15, 0.2) is 0 Å². The number of hydrogen-bond donors (Lipinski definition) is 0. The van der Waals surface area contributed by atoms with Crippen molar-refractivity contribution in [3.8, 4) is 11.8 Å². The number of benzene rings is 2. The zero-order valence-corrected chi connectivity index (χ0v) is 16.6. The molecule has 2 aromatic rings. The molecule has 0 N–H and O–H groups in total. The second-order valence-electron chi connectivity index (χ2n) is 7.05. The number of nitrogens with zero attached hydrogens (tertiary/aromatic N) is 1. The molecule has 0 aliphatic rings. The number of rotatable bonds is 4. The Morgan fingerprint density at radius 1 is 1.15 bits per heavy atom. The molecule has 136 valence electrons. The first kappa shape index (κ1) is 22.6. The Hall–Kier alpha value is -2.40. The van der Waals surface area contributed by atoms with Gasteiger partial charge in [0.1, 0.15) is 23.0 Å². The third-order valence-electron chi connectivity index (χ3n) is 3.93. The topological polar surface area (TPSA) is 82.4 Å². The van der Waals surface area contributed by atoms with E-state index in [4.69, 9.17) is 9.47 Å². The number of carbonyl (C=O) groups excluding carboxylic acids is 1. The normalized spacial score (nSPS) is 13.0. The molecule has 2 rings (SSSR count). The van der Waals surface area contributed by atoms with Crippen LogP contribution in [0.5, 0.6) is 5.75 Å². The van der Waals surface area contributed by atoms with Gasteiger partial charge in [-0.25, -0.2) is 4.79 Å². The van der Waals surface area contributed by atoms with Gasteiger partial charge in [-0.15, -0.1) is 0 Å². The summed E-state index contributed by atoms with van der Waals surface area (Å²) < 4.78 is 10.4. The third kappa shape index (κ3) is 5.53. The van der Waals surface area contributed by atoms with Crippen molar-refractivity contribution in [3.05, 3.63) is 53.3 Å². The summed E-state index contributed by atoms with van der Waals surface area (Å²) >= 11 is 0. The quantitative estimate of drug-likeness (QED) is 0.260. The average Bonchev–Trinajstić information content (AvgIpc) is 2.59. The summed E-state index contributed by atoms with van der Waals surface area (Å²) in [5.74, 6) is -1.32. The van der Waals surface area contributed by atoms with E-state index in [2.05, 4.69) is 0 Å². The maximum Gasteiger partial charge on any atom is 1.00 e. The molecular formula is C21H22LiNO4. The van der Waals surface area contributed by atoms with Crippen molar-refractivity contribution in [2.24, 2.45) is 0 Å². The number of allylic oxidation sites excluding steroid dienone is 1.